The fourth-order valence-corrected chi connectivity index (χ4v) is 1.75. The van der Waals surface area contributed by atoms with Crippen molar-refractivity contribution < 1.29 is 9.36 Å². The molecule has 0 unspecified atom stereocenters. The highest BCUT2D eigenvalue weighted by atomic mass is 16.1. The van der Waals surface area contributed by atoms with Crippen molar-refractivity contribution in [1.29, 1.82) is 5.26 Å². The number of imidazole rings is 1. The summed E-state index contributed by atoms with van der Waals surface area (Å²) in [5, 5.41) is 8.45. The van der Waals surface area contributed by atoms with Crippen LogP contribution in [-0.4, -0.2) is 10.5 Å². The number of carbonyl (C=O) groups is 1. The van der Waals surface area contributed by atoms with Gasteiger partial charge in [-0.25, -0.2) is 9.36 Å². The Kier molecular flexibility index (Phi) is 3.89. The standard InChI is InChI=1S/C15H14N3O/c1-13(19)18-10-9-17(12-18)11-15-6-4-14(5-7-15)3-2-8-16/h2-7,9-10,12H,11H2,1H3/q+1/b3-2+. The molecule has 0 saturated carbocycles. The molecule has 19 heavy (non-hydrogen) atoms. The molecule has 0 N–H and O–H groups in total. The molecule has 1 heterocycles. The zero-order valence-electron chi connectivity index (χ0n) is 10.7. The summed E-state index contributed by atoms with van der Waals surface area (Å²) in [5.41, 5.74) is 2.14. The van der Waals surface area contributed by atoms with Gasteiger partial charge in [0.25, 0.3) is 6.33 Å². The van der Waals surface area contributed by atoms with Crippen molar-refractivity contribution in [1.82, 2.24) is 4.57 Å². The van der Waals surface area contributed by atoms with Crippen LogP contribution in [0, 0.1) is 11.3 Å². The van der Waals surface area contributed by atoms with E-state index < -0.39 is 0 Å². The highest BCUT2D eigenvalue weighted by molar-refractivity contribution is 5.75. The number of nitrogens with zero attached hydrogens (tertiary/aromatic N) is 3. The van der Waals surface area contributed by atoms with Crippen LogP contribution in [0.25, 0.3) is 6.08 Å². The fraction of sp³-hybridized carbons (Fsp3) is 0.133. The van der Waals surface area contributed by atoms with Crippen LogP contribution in [0.3, 0.4) is 0 Å². The number of benzene rings is 1. The van der Waals surface area contributed by atoms with E-state index in [-0.39, 0.29) is 5.91 Å². The van der Waals surface area contributed by atoms with Crippen molar-refractivity contribution in [3.8, 4) is 6.07 Å². The number of hydrogen-bond donors (Lipinski definition) is 0. The third kappa shape index (κ3) is 3.39. The Balaban J connectivity index is 2.08. The average Bonchev–Trinajstić information content (AvgIpc) is 2.87. The summed E-state index contributed by atoms with van der Waals surface area (Å²) in [6.45, 7) is 2.24. The Morgan fingerprint density at radius 3 is 2.74 bits per heavy atom. The first-order valence-electron chi connectivity index (χ1n) is 5.92. The van der Waals surface area contributed by atoms with Gasteiger partial charge in [-0.3, -0.25) is 0 Å². The van der Waals surface area contributed by atoms with Crippen molar-refractivity contribution in [2.75, 3.05) is 0 Å². The first-order chi connectivity index (χ1) is 9.19. The van der Waals surface area contributed by atoms with E-state index in [0.29, 0.717) is 6.54 Å². The average molecular weight is 252 g/mol. The van der Waals surface area contributed by atoms with Crippen LogP contribution in [0.1, 0.15) is 22.8 Å². The van der Waals surface area contributed by atoms with Gasteiger partial charge in [0.15, 0.2) is 0 Å². The molecule has 0 atom stereocenters. The zero-order chi connectivity index (χ0) is 13.7. The third-order valence-corrected chi connectivity index (χ3v) is 2.75. The van der Waals surface area contributed by atoms with Crippen LogP contribution in [-0.2, 0) is 6.54 Å². The Labute approximate surface area is 111 Å². The second kappa shape index (κ2) is 5.78. The molecule has 0 amide bonds. The van der Waals surface area contributed by atoms with Gasteiger partial charge in [0.1, 0.15) is 18.9 Å². The topological polar surface area (TPSA) is 49.7 Å². The van der Waals surface area contributed by atoms with E-state index in [1.165, 1.54) is 13.0 Å². The SMILES string of the molecule is CC(=O)n1cc[n+](Cc2ccc(/C=C/C#N)cc2)c1. The van der Waals surface area contributed by atoms with Gasteiger partial charge in [0, 0.05) is 13.0 Å². The van der Waals surface area contributed by atoms with E-state index in [2.05, 4.69) is 0 Å². The fourth-order valence-electron chi connectivity index (χ4n) is 1.75. The molecule has 0 aliphatic carbocycles. The minimum Gasteiger partial charge on any atom is -0.247 e. The molecule has 0 fully saturated rings. The number of rotatable bonds is 3. The summed E-state index contributed by atoms with van der Waals surface area (Å²) >= 11 is 0. The molecule has 0 radical (unpaired) electrons. The van der Waals surface area contributed by atoms with Gasteiger partial charge in [-0.05, 0) is 17.2 Å². The second-order valence-corrected chi connectivity index (χ2v) is 4.22. The van der Waals surface area contributed by atoms with Crippen LogP contribution in [0.5, 0.6) is 0 Å². The molecular weight excluding hydrogens is 238 g/mol. The van der Waals surface area contributed by atoms with Crippen LogP contribution >= 0.6 is 0 Å². The maximum absolute atomic E-state index is 11.2. The van der Waals surface area contributed by atoms with E-state index in [0.717, 1.165) is 11.1 Å². The molecule has 4 heteroatoms. The number of allylic oxidation sites excluding steroid dienone is 1. The lowest BCUT2D eigenvalue weighted by Gasteiger charge is -1.98. The molecule has 1 aromatic carbocycles. The minimum atomic E-state index is -0.00395. The van der Waals surface area contributed by atoms with Gasteiger partial charge in [-0.2, -0.15) is 9.83 Å². The van der Waals surface area contributed by atoms with Crippen LogP contribution in [0.2, 0.25) is 0 Å². The number of nitriles is 1. The maximum atomic E-state index is 11.2. The van der Waals surface area contributed by atoms with E-state index in [1.807, 2.05) is 41.1 Å². The van der Waals surface area contributed by atoms with Crippen molar-refractivity contribution >= 4 is 12.0 Å². The van der Waals surface area contributed by atoms with Crippen LogP contribution in [0.15, 0.2) is 49.1 Å². The van der Waals surface area contributed by atoms with Gasteiger partial charge in [0.05, 0.1) is 6.07 Å². The predicted octanol–water partition coefficient (Wildman–Crippen LogP) is 2.02. The van der Waals surface area contributed by atoms with Gasteiger partial charge in [-0.1, -0.05) is 24.3 Å². The Bertz CT molecular complexity index is 645. The lowest BCUT2D eigenvalue weighted by Crippen LogP contribution is -2.31. The molecule has 0 aliphatic rings. The molecule has 2 rings (SSSR count). The predicted molar refractivity (Wildman–Crippen MR) is 71.1 cm³/mol. The summed E-state index contributed by atoms with van der Waals surface area (Å²) in [5.74, 6) is -0.00395. The highest BCUT2D eigenvalue weighted by Crippen LogP contribution is 2.06. The Hall–Kier alpha value is -2.67. The summed E-state index contributed by atoms with van der Waals surface area (Å²) < 4.78 is 3.49. The molecule has 0 spiro atoms. The monoisotopic (exact) mass is 252 g/mol. The zero-order valence-corrected chi connectivity index (χ0v) is 10.7. The number of aromatic nitrogens is 2. The Morgan fingerprint density at radius 2 is 2.16 bits per heavy atom. The van der Waals surface area contributed by atoms with Gasteiger partial charge in [-0.15, -0.1) is 0 Å². The summed E-state index contributed by atoms with van der Waals surface area (Å²) in [7, 11) is 0. The lowest BCUT2D eigenvalue weighted by molar-refractivity contribution is -0.687. The molecule has 2 aromatic rings. The van der Waals surface area contributed by atoms with Gasteiger partial charge in [0.2, 0.25) is 0 Å². The first kappa shape index (κ1) is 12.8. The highest BCUT2D eigenvalue weighted by Gasteiger charge is 2.07. The van der Waals surface area contributed by atoms with E-state index in [1.54, 1.807) is 23.2 Å². The molecule has 0 saturated heterocycles. The summed E-state index contributed by atoms with van der Waals surface area (Å²) in [6, 6.07) is 9.91. The minimum absolute atomic E-state index is 0.00395. The number of carbonyl (C=O) groups excluding carboxylic acids is 1. The largest absolute Gasteiger partial charge is 0.310 e. The van der Waals surface area contributed by atoms with Crippen molar-refractivity contribution in [2.45, 2.75) is 13.5 Å². The van der Waals surface area contributed by atoms with Crippen molar-refractivity contribution in [3.05, 3.63) is 60.2 Å². The number of hydrogen-bond acceptors (Lipinski definition) is 2. The molecule has 0 bridgehead atoms. The van der Waals surface area contributed by atoms with Crippen LogP contribution in [0.4, 0.5) is 0 Å². The van der Waals surface area contributed by atoms with Crippen molar-refractivity contribution in [2.24, 2.45) is 0 Å². The van der Waals surface area contributed by atoms with E-state index >= 15 is 0 Å². The lowest BCUT2D eigenvalue weighted by atomic mass is 10.1. The van der Waals surface area contributed by atoms with E-state index in [9.17, 15) is 4.79 Å². The molecule has 94 valence electrons. The first-order valence-corrected chi connectivity index (χ1v) is 5.92. The quantitative estimate of drug-likeness (QED) is 0.620. The molecule has 1 aromatic heterocycles. The maximum Gasteiger partial charge on any atom is 0.310 e. The molecule has 4 nitrogen and oxygen atoms in total. The van der Waals surface area contributed by atoms with Crippen LogP contribution < -0.4 is 4.57 Å². The molecular formula is C15H14N3O+. The smallest absolute Gasteiger partial charge is 0.247 e. The normalized spacial score (nSPS) is 10.5. The van der Waals surface area contributed by atoms with Gasteiger partial charge < -0.3 is 0 Å². The molecule has 0 aliphatic heterocycles. The summed E-state index contributed by atoms with van der Waals surface area (Å²) in [6.07, 6.45) is 8.60. The van der Waals surface area contributed by atoms with E-state index in [4.69, 9.17) is 5.26 Å². The third-order valence-electron chi connectivity index (χ3n) is 2.75. The summed E-state index contributed by atoms with van der Waals surface area (Å²) in [4.78, 5) is 11.2. The van der Waals surface area contributed by atoms with Crippen molar-refractivity contribution in [3.63, 3.8) is 0 Å². The second-order valence-electron chi connectivity index (χ2n) is 4.22. The van der Waals surface area contributed by atoms with Gasteiger partial charge >= 0.3 is 5.91 Å². The Morgan fingerprint density at radius 1 is 1.42 bits per heavy atom.